The number of hydrogen-bond donors (Lipinski definition) is 0. The lowest BCUT2D eigenvalue weighted by molar-refractivity contribution is -0.757. The van der Waals surface area contributed by atoms with E-state index in [0.29, 0.717) is 0 Å². The predicted molar refractivity (Wildman–Crippen MR) is 55.6 cm³/mol. The summed E-state index contributed by atoms with van der Waals surface area (Å²) in [4.78, 5) is 14.0. The molecule has 0 aromatic heterocycles. The van der Waals surface area contributed by atoms with Crippen molar-refractivity contribution in [2.75, 3.05) is 6.61 Å². The Balaban J connectivity index is 2.88. The van der Waals surface area contributed by atoms with Crippen LogP contribution in [0.2, 0.25) is 0 Å². The van der Waals surface area contributed by atoms with Gasteiger partial charge in [-0.1, -0.05) is 51.9 Å². The number of nitrogens with zero attached hydrogens (tertiary/aromatic N) is 1. The molecular weight excluding hydrogens is 182 g/mol. The lowest BCUT2D eigenvalue weighted by atomic mass is 10.1. The molecule has 0 heterocycles. The van der Waals surface area contributed by atoms with Gasteiger partial charge in [0.25, 0.3) is 5.09 Å². The van der Waals surface area contributed by atoms with Crippen LogP contribution in [0.25, 0.3) is 0 Å². The van der Waals surface area contributed by atoms with Crippen molar-refractivity contribution < 1.29 is 9.92 Å². The summed E-state index contributed by atoms with van der Waals surface area (Å²) in [6, 6.07) is 0. The van der Waals surface area contributed by atoms with Gasteiger partial charge in [0.1, 0.15) is 0 Å². The highest BCUT2D eigenvalue weighted by Gasteiger charge is 1.94. The number of hydrogen-bond acceptors (Lipinski definition) is 3. The molecule has 0 aliphatic carbocycles. The van der Waals surface area contributed by atoms with Crippen molar-refractivity contribution in [3.8, 4) is 0 Å². The largest absolute Gasteiger partial charge is 0.314 e. The topological polar surface area (TPSA) is 52.4 Å². The third-order valence-electron chi connectivity index (χ3n) is 2.19. The first-order valence-corrected chi connectivity index (χ1v) is 5.54. The summed E-state index contributed by atoms with van der Waals surface area (Å²) in [5.74, 6) is 0. The van der Waals surface area contributed by atoms with Gasteiger partial charge in [-0.2, -0.15) is 0 Å². The van der Waals surface area contributed by atoms with Crippen LogP contribution in [0.15, 0.2) is 0 Å². The van der Waals surface area contributed by atoms with Crippen LogP contribution in [0.3, 0.4) is 0 Å². The van der Waals surface area contributed by atoms with Crippen molar-refractivity contribution in [3.05, 3.63) is 10.1 Å². The normalized spacial score (nSPS) is 10.1. The van der Waals surface area contributed by atoms with E-state index in [9.17, 15) is 10.1 Å². The van der Waals surface area contributed by atoms with Gasteiger partial charge >= 0.3 is 0 Å². The van der Waals surface area contributed by atoms with Crippen LogP contribution >= 0.6 is 0 Å². The molecule has 4 heteroatoms. The summed E-state index contributed by atoms with van der Waals surface area (Å²) < 4.78 is 0. The zero-order valence-corrected chi connectivity index (χ0v) is 9.04. The van der Waals surface area contributed by atoms with Gasteiger partial charge in [0.15, 0.2) is 0 Å². The summed E-state index contributed by atoms with van der Waals surface area (Å²) in [5, 5.41) is 9.07. The first-order chi connectivity index (χ1) is 6.77. The Bertz CT molecular complexity index is 139. The Labute approximate surface area is 85.7 Å². The van der Waals surface area contributed by atoms with Crippen molar-refractivity contribution in [2.24, 2.45) is 0 Å². The SMILES string of the molecule is CCCCCCCCCCO[N+](=O)[O-]. The molecule has 4 nitrogen and oxygen atoms in total. The van der Waals surface area contributed by atoms with Gasteiger partial charge in [-0.3, -0.25) is 0 Å². The summed E-state index contributed by atoms with van der Waals surface area (Å²) >= 11 is 0. The Morgan fingerprint density at radius 2 is 1.50 bits per heavy atom. The average molecular weight is 203 g/mol. The summed E-state index contributed by atoms with van der Waals surface area (Å²) in [7, 11) is 0. The first-order valence-electron chi connectivity index (χ1n) is 5.54. The molecule has 0 atom stereocenters. The lowest BCUT2D eigenvalue weighted by Gasteiger charge is -2.00. The molecule has 0 bridgehead atoms. The minimum absolute atomic E-state index is 0.252. The van der Waals surface area contributed by atoms with Crippen molar-refractivity contribution in [1.82, 2.24) is 0 Å². The highest BCUT2D eigenvalue weighted by atomic mass is 16.9. The molecule has 0 aliphatic heterocycles. The number of unbranched alkanes of at least 4 members (excludes halogenated alkanes) is 7. The molecule has 0 fully saturated rings. The lowest BCUT2D eigenvalue weighted by Crippen LogP contribution is -2.01. The Hall–Kier alpha value is -0.800. The van der Waals surface area contributed by atoms with E-state index in [1.165, 1.54) is 38.5 Å². The van der Waals surface area contributed by atoms with E-state index < -0.39 is 5.09 Å². The van der Waals surface area contributed by atoms with Crippen molar-refractivity contribution in [2.45, 2.75) is 58.3 Å². The van der Waals surface area contributed by atoms with Gasteiger partial charge in [-0.15, -0.1) is 10.1 Å². The van der Waals surface area contributed by atoms with E-state index in [1.807, 2.05) is 0 Å². The van der Waals surface area contributed by atoms with Crippen molar-refractivity contribution in [1.29, 1.82) is 0 Å². The molecule has 0 radical (unpaired) electrons. The Kier molecular flexibility index (Phi) is 9.69. The predicted octanol–water partition coefficient (Wildman–Crippen LogP) is 3.34. The molecule has 0 aromatic carbocycles. The molecule has 0 N–H and O–H groups in total. The van der Waals surface area contributed by atoms with Crippen LogP contribution in [0.1, 0.15) is 58.3 Å². The second kappa shape index (κ2) is 10.3. The van der Waals surface area contributed by atoms with Crippen LogP contribution in [-0.4, -0.2) is 11.7 Å². The van der Waals surface area contributed by atoms with E-state index in [-0.39, 0.29) is 6.61 Å². The van der Waals surface area contributed by atoms with Crippen LogP contribution in [0.4, 0.5) is 0 Å². The average Bonchev–Trinajstić information content (AvgIpc) is 2.15. The van der Waals surface area contributed by atoms with E-state index in [0.717, 1.165) is 12.8 Å². The van der Waals surface area contributed by atoms with Gasteiger partial charge in [-0.25, -0.2) is 0 Å². The standard InChI is InChI=1S/C10H21NO3/c1-2-3-4-5-6-7-8-9-10-14-11(12)13/h2-10H2,1H3. The quantitative estimate of drug-likeness (QED) is 0.311. The molecule has 0 rings (SSSR count). The Morgan fingerprint density at radius 1 is 1.00 bits per heavy atom. The number of rotatable bonds is 10. The van der Waals surface area contributed by atoms with E-state index >= 15 is 0 Å². The van der Waals surface area contributed by atoms with E-state index in [2.05, 4.69) is 11.8 Å². The molecule has 14 heavy (non-hydrogen) atoms. The summed E-state index contributed by atoms with van der Waals surface area (Å²) in [6.45, 7) is 2.46. The fourth-order valence-corrected chi connectivity index (χ4v) is 1.38. The van der Waals surface area contributed by atoms with E-state index in [4.69, 9.17) is 0 Å². The minimum Gasteiger partial charge on any atom is -0.314 e. The van der Waals surface area contributed by atoms with Crippen molar-refractivity contribution in [3.63, 3.8) is 0 Å². The molecule has 0 aromatic rings. The van der Waals surface area contributed by atoms with Crippen LogP contribution in [-0.2, 0) is 4.84 Å². The fourth-order valence-electron chi connectivity index (χ4n) is 1.38. The van der Waals surface area contributed by atoms with Gasteiger partial charge in [-0.05, 0) is 6.42 Å². The van der Waals surface area contributed by atoms with Gasteiger partial charge in [0.2, 0.25) is 0 Å². The van der Waals surface area contributed by atoms with E-state index in [1.54, 1.807) is 0 Å². The molecular formula is C10H21NO3. The second-order valence-corrected chi connectivity index (χ2v) is 3.53. The minimum atomic E-state index is -0.721. The highest BCUT2D eigenvalue weighted by Crippen LogP contribution is 2.08. The van der Waals surface area contributed by atoms with Crippen LogP contribution < -0.4 is 0 Å². The molecule has 0 amide bonds. The maximum Gasteiger partial charge on any atom is 0.294 e. The molecule has 0 aliphatic rings. The fraction of sp³-hybridized carbons (Fsp3) is 1.00. The molecule has 0 saturated heterocycles. The zero-order valence-electron chi connectivity index (χ0n) is 9.04. The third-order valence-corrected chi connectivity index (χ3v) is 2.19. The molecule has 0 saturated carbocycles. The van der Waals surface area contributed by atoms with Gasteiger partial charge in [0.05, 0.1) is 6.61 Å². The van der Waals surface area contributed by atoms with Crippen LogP contribution in [0.5, 0.6) is 0 Å². The van der Waals surface area contributed by atoms with Crippen LogP contribution in [0, 0.1) is 10.1 Å². The Morgan fingerprint density at radius 3 is 2.00 bits per heavy atom. The first kappa shape index (κ1) is 13.2. The monoisotopic (exact) mass is 203 g/mol. The molecule has 0 spiro atoms. The third kappa shape index (κ3) is 11.2. The maximum atomic E-state index is 9.79. The molecule has 0 unspecified atom stereocenters. The summed E-state index contributed by atoms with van der Waals surface area (Å²) in [5.41, 5.74) is 0. The highest BCUT2D eigenvalue weighted by molar-refractivity contribution is 4.44. The second-order valence-electron chi connectivity index (χ2n) is 3.53. The zero-order chi connectivity index (χ0) is 10.6. The smallest absolute Gasteiger partial charge is 0.294 e. The maximum absolute atomic E-state index is 9.79. The van der Waals surface area contributed by atoms with Crippen molar-refractivity contribution >= 4 is 0 Å². The summed E-state index contributed by atoms with van der Waals surface area (Å²) in [6.07, 6.45) is 9.48. The molecule has 84 valence electrons. The van der Waals surface area contributed by atoms with Gasteiger partial charge < -0.3 is 4.84 Å². The van der Waals surface area contributed by atoms with Gasteiger partial charge in [0, 0.05) is 0 Å².